The third-order valence-electron chi connectivity index (χ3n) is 2.66. The SMILES string of the molecule is O=C(CCl)NCCN1C(=O)c2ccccc2C1=O. The van der Waals surface area contributed by atoms with Gasteiger partial charge >= 0.3 is 0 Å². The van der Waals surface area contributed by atoms with Crippen LogP contribution in [-0.4, -0.2) is 41.6 Å². The fourth-order valence-electron chi connectivity index (χ4n) is 1.80. The molecule has 0 fully saturated rings. The highest BCUT2D eigenvalue weighted by Crippen LogP contribution is 2.21. The molecule has 0 unspecified atom stereocenters. The summed E-state index contributed by atoms with van der Waals surface area (Å²) in [7, 11) is 0. The van der Waals surface area contributed by atoms with Crippen molar-refractivity contribution in [3.63, 3.8) is 0 Å². The van der Waals surface area contributed by atoms with E-state index in [0.717, 1.165) is 4.90 Å². The van der Waals surface area contributed by atoms with Gasteiger partial charge in [0.25, 0.3) is 11.8 Å². The van der Waals surface area contributed by atoms with Gasteiger partial charge in [-0.3, -0.25) is 19.3 Å². The van der Waals surface area contributed by atoms with Crippen molar-refractivity contribution in [3.05, 3.63) is 35.4 Å². The van der Waals surface area contributed by atoms with Gasteiger partial charge in [-0.15, -0.1) is 11.6 Å². The Morgan fingerprint density at radius 2 is 1.72 bits per heavy atom. The highest BCUT2D eigenvalue weighted by Gasteiger charge is 2.34. The number of carbonyl (C=O) groups excluding carboxylic acids is 3. The minimum absolute atomic E-state index is 0.137. The highest BCUT2D eigenvalue weighted by molar-refractivity contribution is 6.27. The first-order chi connectivity index (χ1) is 8.65. The average Bonchev–Trinajstić information content (AvgIpc) is 2.64. The second-order valence-electron chi connectivity index (χ2n) is 3.79. The van der Waals surface area contributed by atoms with Crippen molar-refractivity contribution in [2.75, 3.05) is 19.0 Å². The Hall–Kier alpha value is -1.88. The largest absolute Gasteiger partial charge is 0.353 e. The van der Waals surface area contributed by atoms with Gasteiger partial charge in [0, 0.05) is 13.1 Å². The molecule has 3 amide bonds. The molecule has 1 aliphatic rings. The number of amides is 3. The summed E-state index contributed by atoms with van der Waals surface area (Å²) in [6.45, 7) is 0.353. The van der Waals surface area contributed by atoms with Gasteiger partial charge in [-0.1, -0.05) is 12.1 Å². The maximum absolute atomic E-state index is 11.9. The number of hydrogen-bond donors (Lipinski definition) is 1. The maximum atomic E-state index is 11.9. The number of alkyl halides is 1. The Kier molecular flexibility index (Phi) is 3.62. The van der Waals surface area contributed by atoms with Crippen LogP contribution < -0.4 is 5.32 Å². The van der Waals surface area contributed by atoms with Gasteiger partial charge in [0.1, 0.15) is 5.88 Å². The van der Waals surface area contributed by atoms with Crippen LogP contribution in [0.25, 0.3) is 0 Å². The first-order valence-corrected chi connectivity index (χ1v) is 5.96. The second kappa shape index (κ2) is 5.18. The number of rotatable bonds is 4. The molecule has 6 heteroatoms. The summed E-state index contributed by atoms with van der Waals surface area (Å²) in [6, 6.07) is 6.66. The van der Waals surface area contributed by atoms with Gasteiger partial charge < -0.3 is 5.32 Å². The summed E-state index contributed by atoms with van der Waals surface area (Å²) in [5.41, 5.74) is 0.817. The zero-order chi connectivity index (χ0) is 13.1. The smallest absolute Gasteiger partial charge is 0.261 e. The van der Waals surface area contributed by atoms with Crippen LogP contribution >= 0.6 is 11.6 Å². The minimum atomic E-state index is -0.326. The Morgan fingerprint density at radius 1 is 1.17 bits per heavy atom. The van der Waals surface area contributed by atoms with Gasteiger partial charge in [-0.2, -0.15) is 0 Å². The molecule has 94 valence electrons. The van der Waals surface area contributed by atoms with Crippen LogP contribution in [0.3, 0.4) is 0 Å². The van der Waals surface area contributed by atoms with Crippen molar-refractivity contribution in [3.8, 4) is 0 Å². The van der Waals surface area contributed by atoms with Crippen LogP contribution in [0.5, 0.6) is 0 Å². The molecule has 0 saturated heterocycles. The molecule has 0 bridgehead atoms. The van der Waals surface area contributed by atoms with E-state index in [-0.39, 0.29) is 36.7 Å². The average molecular weight is 267 g/mol. The highest BCUT2D eigenvalue weighted by atomic mass is 35.5. The molecular formula is C12H11ClN2O3. The number of benzene rings is 1. The number of carbonyl (C=O) groups is 3. The predicted octanol–water partition coefficient (Wildman–Crippen LogP) is 0.638. The molecule has 1 aliphatic heterocycles. The molecule has 2 rings (SSSR count). The number of fused-ring (bicyclic) bond motifs is 1. The minimum Gasteiger partial charge on any atom is -0.353 e. The summed E-state index contributed by atoms with van der Waals surface area (Å²) in [5.74, 6) is -1.11. The Bertz CT molecular complexity index is 481. The quantitative estimate of drug-likeness (QED) is 0.642. The molecule has 0 aromatic heterocycles. The summed E-state index contributed by atoms with van der Waals surface area (Å²) in [4.78, 5) is 35.9. The summed E-state index contributed by atoms with van der Waals surface area (Å²) in [6.07, 6.45) is 0. The lowest BCUT2D eigenvalue weighted by Gasteiger charge is -2.13. The van der Waals surface area contributed by atoms with Gasteiger partial charge in [0.05, 0.1) is 11.1 Å². The molecule has 0 saturated carbocycles. The maximum Gasteiger partial charge on any atom is 0.261 e. The monoisotopic (exact) mass is 266 g/mol. The molecule has 0 aliphatic carbocycles. The van der Waals surface area contributed by atoms with Gasteiger partial charge in [0.15, 0.2) is 0 Å². The van der Waals surface area contributed by atoms with Crippen molar-refractivity contribution >= 4 is 29.3 Å². The normalized spacial score (nSPS) is 13.7. The molecular weight excluding hydrogens is 256 g/mol. The molecule has 0 spiro atoms. The fraction of sp³-hybridized carbons (Fsp3) is 0.250. The van der Waals surface area contributed by atoms with E-state index < -0.39 is 0 Å². The third kappa shape index (κ3) is 2.22. The second-order valence-corrected chi connectivity index (χ2v) is 4.06. The number of imide groups is 1. The van der Waals surface area contributed by atoms with E-state index in [2.05, 4.69) is 5.32 Å². The van der Waals surface area contributed by atoms with Crippen molar-refractivity contribution in [2.24, 2.45) is 0 Å². The molecule has 1 N–H and O–H groups in total. The molecule has 5 nitrogen and oxygen atoms in total. The van der Waals surface area contributed by atoms with Crippen LogP contribution in [-0.2, 0) is 4.79 Å². The topological polar surface area (TPSA) is 66.5 Å². The standard InChI is InChI=1S/C12H11ClN2O3/c13-7-10(16)14-5-6-15-11(17)8-3-1-2-4-9(8)12(15)18/h1-4H,5-7H2,(H,14,16). The van der Waals surface area contributed by atoms with E-state index in [1.54, 1.807) is 24.3 Å². The van der Waals surface area contributed by atoms with Gasteiger partial charge in [-0.05, 0) is 12.1 Å². The van der Waals surface area contributed by atoms with Crippen LogP contribution in [0.1, 0.15) is 20.7 Å². The lowest BCUT2D eigenvalue weighted by Crippen LogP contribution is -2.38. The van der Waals surface area contributed by atoms with E-state index in [4.69, 9.17) is 11.6 Å². The molecule has 18 heavy (non-hydrogen) atoms. The van der Waals surface area contributed by atoms with Gasteiger partial charge in [0.2, 0.25) is 5.91 Å². The number of hydrogen-bond acceptors (Lipinski definition) is 3. The van der Waals surface area contributed by atoms with Crippen LogP contribution in [0.4, 0.5) is 0 Å². The lowest BCUT2D eigenvalue weighted by atomic mass is 10.1. The lowest BCUT2D eigenvalue weighted by molar-refractivity contribution is -0.118. The summed E-state index contributed by atoms with van der Waals surface area (Å²) < 4.78 is 0. The number of nitrogens with one attached hydrogen (secondary N) is 1. The third-order valence-corrected chi connectivity index (χ3v) is 2.90. The number of nitrogens with zero attached hydrogens (tertiary/aromatic N) is 1. The Balaban J connectivity index is 2.03. The molecule has 0 atom stereocenters. The molecule has 1 heterocycles. The van der Waals surface area contributed by atoms with Crippen molar-refractivity contribution < 1.29 is 14.4 Å². The van der Waals surface area contributed by atoms with Crippen LogP contribution in [0.15, 0.2) is 24.3 Å². The Morgan fingerprint density at radius 3 is 2.22 bits per heavy atom. The number of halogens is 1. The van der Waals surface area contributed by atoms with E-state index in [1.165, 1.54) is 0 Å². The molecule has 1 aromatic rings. The van der Waals surface area contributed by atoms with Crippen LogP contribution in [0.2, 0.25) is 0 Å². The van der Waals surface area contributed by atoms with Crippen molar-refractivity contribution in [1.29, 1.82) is 0 Å². The predicted molar refractivity (Wildman–Crippen MR) is 65.5 cm³/mol. The first-order valence-electron chi connectivity index (χ1n) is 5.43. The molecule has 0 radical (unpaired) electrons. The summed E-state index contributed by atoms with van der Waals surface area (Å²) in [5, 5.41) is 2.51. The van der Waals surface area contributed by atoms with E-state index >= 15 is 0 Å². The Labute approximate surface area is 109 Å². The van der Waals surface area contributed by atoms with E-state index in [1.807, 2.05) is 0 Å². The fourth-order valence-corrected chi connectivity index (χ4v) is 1.89. The zero-order valence-electron chi connectivity index (χ0n) is 9.48. The zero-order valence-corrected chi connectivity index (χ0v) is 10.2. The van der Waals surface area contributed by atoms with Gasteiger partial charge in [-0.25, -0.2) is 0 Å². The van der Waals surface area contributed by atoms with E-state index in [0.29, 0.717) is 11.1 Å². The van der Waals surface area contributed by atoms with Crippen molar-refractivity contribution in [2.45, 2.75) is 0 Å². The molecule has 1 aromatic carbocycles. The first kappa shape index (κ1) is 12.6. The summed E-state index contributed by atoms with van der Waals surface area (Å²) >= 11 is 5.32. The van der Waals surface area contributed by atoms with E-state index in [9.17, 15) is 14.4 Å². The van der Waals surface area contributed by atoms with Crippen molar-refractivity contribution in [1.82, 2.24) is 10.2 Å². The van der Waals surface area contributed by atoms with Crippen LogP contribution in [0, 0.1) is 0 Å².